The van der Waals surface area contributed by atoms with E-state index >= 15 is 0 Å². The normalized spacial score (nSPS) is 16.4. The van der Waals surface area contributed by atoms with Gasteiger partial charge in [0.2, 0.25) is 0 Å². The van der Waals surface area contributed by atoms with Crippen LogP contribution in [0.1, 0.15) is 0 Å². The van der Waals surface area contributed by atoms with Crippen LogP contribution in [0, 0.1) is 0 Å². The lowest BCUT2D eigenvalue weighted by atomic mass is 10.3. The predicted octanol–water partition coefficient (Wildman–Crippen LogP) is 4.71. The summed E-state index contributed by atoms with van der Waals surface area (Å²) in [6, 6.07) is 6.35. The van der Waals surface area contributed by atoms with Crippen molar-refractivity contribution in [3.8, 4) is 5.75 Å². The Morgan fingerprint density at radius 2 is 1.35 bits per heavy atom. The first-order valence-electron chi connectivity index (χ1n) is 4.14. The lowest BCUT2D eigenvalue weighted by molar-refractivity contribution is -0.262. The molecule has 0 spiro atoms. The Labute approximate surface area is 110 Å². The number of ether oxygens (including phenoxy) is 1. The maximum absolute atomic E-state index is 13.3. The lowest BCUT2D eigenvalue weighted by Gasteiger charge is -2.30. The van der Waals surface area contributed by atoms with Gasteiger partial charge in [-0.25, -0.2) is 4.39 Å². The monoisotopic (exact) mass is 382 g/mol. The standard InChI is InChI=1S/C9H5Br2F5O/c10-7(12,8(11,13)14)9(15,16)17-6-4-2-1-3-5-6/h1-5H/t7-/m1/s1. The van der Waals surface area contributed by atoms with Crippen LogP contribution in [-0.2, 0) is 0 Å². The van der Waals surface area contributed by atoms with Gasteiger partial charge < -0.3 is 4.74 Å². The van der Waals surface area contributed by atoms with E-state index in [-0.39, 0.29) is 0 Å². The number of rotatable bonds is 4. The fourth-order valence-corrected chi connectivity index (χ4v) is 1.18. The maximum Gasteiger partial charge on any atom is 0.450 e. The minimum absolute atomic E-state index is 0.435. The Kier molecular flexibility index (Phi) is 4.08. The van der Waals surface area contributed by atoms with Crippen LogP contribution in [0.3, 0.4) is 0 Å². The molecule has 0 heterocycles. The van der Waals surface area contributed by atoms with Crippen molar-refractivity contribution in [2.45, 2.75) is 15.5 Å². The molecule has 0 aliphatic heterocycles. The topological polar surface area (TPSA) is 9.23 Å². The van der Waals surface area contributed by atoms with Crippen LogP contribution in [0.5, 0.6) is 5.75 Å². The number of para-hydroxylation sites is 1. The van der Waals surface area contributed by atoms with Gasteiger partial charge in [-0.15, -0.1) is 0 Å². The molecule has 0 unspecified atom stereocenters. The molecule has 0 bridgehead atoms. The van der Waals surface area contributed by atoms with Crippen molar-refractivity contribution in [2.75, 3.05) is 0 Å². The van der Waals surface area contributed by atoms with Gasteiger partial charge in [-0.1, -0.05) is 18.2 Å². The smallest absolute Gasteiger partial charge is 0.429 e. The molecule has 0 N–H and O–H groups in total. The molecule has 8 heteroatoms. The number of hydrogen-bond acceptors (Lipinski definition) is 1. The van der Waals surface area contributed by atoms with Gasteiger partial charge in [0.1, 0.15) is 5.75 Å². The SMILES string of the molecule is FC(F)(Br)[C@](F)(Br)C(F)(F)Oc1ccccc1. The van der Waals surface area contributed by atoms with Gasteiger partial charge in [0.05, 0.1) is 0 Å². The molecule has 0 aromatic heterocycles. The van der Waals surface area contributed by atoms with Crippen molar-refractivity contribution in [3.05, 3.63) is 30.3 Å². The number of hydrogen-bond donors (Lipinski definition) is 0. The highest BCUT2D eigenvalue weighted by atomic mass is 79.9. The highest BCUT2D eigenvalue weighted by Gasteiger charge is 2.70. The predicted molar refractivity (Wildman–Crippen MR) is 58.7 cm³/mol. The molecule has 0 aliphatic carbocycles. The lowest BCUT2D eigenvalue weighted by Crippen LogP contribution is -2.53. The maximum atomic E-state index is 13.3. The highest BCUT2D eigenvalue weighted by Crippen LogP contribution is 2.52. The second-order valence-electron chi connectivity index (χ2n) is 3.00. The molecule has 96 valence electrons. The van der Waals surface area contributed by atoms with Gasteiger partial charge in [0, 0.05) is 0 Å². The quantitative estimate of drug-likeness (QED) is 0.540. The Morgan fingerprint density at radius 3 is 1.76 bits per heavy atom. The van der Waals surface area contributed by atoms with Gasteiger partial charge >= 0.3 is 15.5 Å². The van der Waals surface area contributed by atoms with E-state index in [0.717, 1.165) is 12.1 Å². The van der Waals surface area contributed by atoms with Crippen molar-refractivity contribution in [1.82, 2.24) is 0 Å². The summed E-state index contributed by atoms with van der Waals surface area (Å²) in [7, 11) is 0. The van der Waals surface area contributed by atoms with E-state index in [1.165, 1.54) is 34.1 Å². The summed E-state index contributed by atoms with van der Waals surface area (Å²) in [5.74, 6) is -0.435. The molecule has 1 aromatic carbocycles. The molecule has 0 fully saturated rings. The summed E-state index contributed by atoms with van der Waals surface area (Å²) in [5, 5.41) is 0. The van der Waals surface area contributed by atoms with Gasteiger partial charge in [-0.05, 0) is 44.0 Å². The van der Waals surface area contributed by atoms with Crippen molar-refractivity contribution in [2.24, 2.45) is 0 Å². The molecule has 1 nitrogen and oxygen atoms in total. The summed E-state index contributed by atoms with van der Waals surface area (Å²) < 4.78 is 64.6. The Balaban J connectivity index is 2.96. The van der Waals surface area contributed by atoms with Gasteiger partial charge in [0.15, 0.2) is 0 Å². The summed E-state index contributed by atoms with van der Waals surface area (Å²) in [5.41, 5.74) is 0. The largest absolute Gasteiger partial charge is 0.450 e. The van der Waals surface area contributed by atoms with Gasteiger partial charge in [-0.3, -0.25) is 0 Å². The molecule has 0 aliphatic rings. The van der Waals surface area contributed by atoms with Crippen LogP contribution in [0.25, 0.3) is 0 Å². The number of alkyl halides is 7. The zero-order valence-corrected chi connectivity index (χ0v) is 11.1. The Morgan fingerprint density at radius 1 is 0.882 bits per heavy atom. The van der Waals surface area contributed by atoms with E-state index in [0.29, 0.717) is 0 Å². The molecule has 1 aromatic rings. The zero-order valence-electron chi connectivity index (χ0n) is 7.94. The third-order valence-electron chi connectivity index (χ3n) is 1.71. The molecule has 0 radical (unpaired) electrons. The third-order valence-corrected chi connectivity index (χ3v) is 3.75. The van der Waals surface area contributed by atoms with Crippen LogP contribution < -0.4 is 4.74 Å². The van der Waals surface area contributed by atoms with E-state index in [4.69, 9.17) is 0 Å². The van der Waals surface area contributed by atoms with Crippen LogP contribution >= 0.6 is 31.9 Å². The van der Waals surface area contributed by atoms with E-state index in [1.807, 2.05) is 0 Å². The molecule has 1 atom stereocenters. The van der Waals surface area contributed by atoms with Crippen LogP contribution in [0.4, 0.5) is 22.0 Å². The zero-order chi connectivity index (χ0) is 13.3. The summed E-state index contributed by atoms with van der Waals surface area (Å²) >= 11 is 3.18. The highest BCUT2D eigenvalue weighted by molar-refractivity contribution is 9.12. The first kappa shape index (κ1) is 14.7. The molecule has 0 amide bonds. The second-order valence-corrected chi connectivity index (χ2v) is 5.09. The number of halogens is 7. The second kappa shape index (κ2) is 4.72. The van der Waals surface area contributed by atoms with E-state index in [2.05, 4.69) is 4.74 Å². The minimum Gasteiger partial charge on any atom is -0.429 e. The summed E-state index contributed by atoms with van der Waals surface area (Å²) in [6.45, 7) is 0. The minimum atomic E-state index is -4.76. The van der Waals surface area contributed by atoms with Crippen LogP contribution in [0.15, 0.2) is 30.3 Å². The first-order valence-corrected chi connectivity index (χ1v) is 5.73. The molecule has 17 heavy (non-hydrogen) atoms. The Bertz CT molecular complexity index is 377. The molecule has 1 rings (SSSR count). The molecule has 0 saturated carbocycles. The van der Waals surface area contributed by atoms with Crippen molar-refractivity contribution < 1.29 is 26.7 Å². The van der Waals surface area contributed by atoms with Crippen LogP contribution in [-0.4, -0.2) is 15.5 Å². The van der Waals surface area contributed by atoms with Gasteiger partial charge in [-0.2, -0.15) is 17.6 Å². The van der Waals surface area contributed by atoms with Crippen LogP contribution in [0.2, 0.25) is 0 Å². The average Bonchev–Trinajstić information content (AvgIpc) is 2.16. The van der Waals surface area contributed by atoms with Crippen molar-refractivity contribution in [1.29, 1.82) is 0 Å². The van der Waals surface area contributed by atoms with E-state index in [1.54, 1.807) is 15.9 Å². The fraction of sp³-hybridized carbons (Fsp3) is 0.333. The van der Waals surface area contributed by atoms with E-state index < -0.39 is 21.3 Å². The molecule has 0 saturated heterocycles. The van der Waals surface area contributed by atoms with Gasteiger partial charge in [0.25, 0.3) is 0 Å². The van der Waals surface area contributed by atoms with Crippen molar-refractivity contribution in [3.63, 3.8) is 0 Å². The van der Waals surface area contributed by atoms with Crippen molar-refractivity contribution >= 4 is 31.9 Å². The first-order chi connectivity index (χ1) is 7.58. The average molecular weight is 384 g/mol. The summed E-state index contributed by atoms with van der Waals surface area (Å²) in [6.07, 6.45) is -4.76. The third kappa shape index (κ3) is 3.09. The van der Waals surface area contributed by atoms with E-state index in [9.17, 15) is 22.0 Å². The summed E-state index contributed by atoms with van der Waals surface area (Å²) in [4.78, 5) is -4.50. The number of benzene rings is 1. The Hall–Kier alpha value is -0.370. The molecular weight excluding hydrogens is 379 g/mol. The fourth-order valence-electron chi connectivity index (χ4n) is 0.866. The molecular formula is C9H5Br2F5O.